The van der Waals surface area contributed by atoms with Gasteiger partial charge in [0.1, 0.15) is 0 Å². The van der Waals surface area contributed by atoms with Crippen molar-refractivity contribution in [2.24, 2.45) is 11.7 Å². The molecule has 0 radical (unpaired) electrons. The van der Waals surface area contributed by atoms with Crippen molar-refractivity contribution in [2.45, 2.75) is 38.3 Å². The molecule has 1 fully saturated rings. The standard InChI is InChI=1S/C11H17N3O2/c12-7-10-5-6-13-14(10)9-3-1-8(2-4-9)11(15)16/h5-6,8-9H,1-4,7,12H2,(H,15,16). The normalized spacial score (nSPS) is 25.6. The first-order chi connectivity index (χ1) is 7.72. The van der Waals surface area contributed by atoms with Crippen LogP contribution in [-0.2, 0) is 11.3 Å². The fourth-order valence-electron chi connectivity index (χ4n) is 2.40. The van der Waals surface area contributed by atoms with E-state index in [0.29, 0.717) is 12.6 Å². The first-order valence-electron chi connectivity index (χ1n) is 5.67. The number of hydrogen-bond acceptors (Lipinski definition) is 3. The Bertz CT molecular complexity index is 367. The molecule has 0 aromatic carbocycles. The molecule has 0 aliphatic heterocycles. The Morgan fingerprint density at radius 2 is 2.19 bits per heavy atom. The average molecular weight is 223 g/mol. The highest BCUT2D eigenvalue weighted by atomic mass is 16.4. The van der Waals surface area contributed by atoms with E-state index in [9.17, 15) is 4.79 Å². The average Bonchev–Trinajstić information content (AvgIpc) is 2.77. The van der Waals surface area contributed by atoms with Crippen LogP contribution in [-0.4, -0.2) is 20.9 Å². The summed E-state index contributed by atoms with van der Waals surface area (Å²) in [4.78, 5) is 10.8. The SMILES string of the molecule is NCc1ccnn1C1CCC(C(=O)O)CC1. The summed E-state index contributed by atoms with van der Waals surface area (Å²) in [6, 6.07) is 2.24. The van der Waals surface area contributed by atoms with Crippen molar-refractivity contribution in [3.8, 4) is 0 Å². The van der Waals surface area contributed by atoms with Gasteiger partial charge in [0.2, 0.25) is 0 Å². The zero-order valence-electron chi connectivity index (χ0n) is 9.17. The van der Waals surface area contributed by atoms with E-state index in [1.165, 1.54) is 0 Å². The molecule has 5 nitrogen and oxygen atoms in total. The van der Waals surface area contributed by atoms with Gasteiger partial charge in [0.15, 0.2) is 0 Å². The smallest absolute Gasteiger partial charge is 0.306 e. The third kappa shape index (κ3) is 2.09. The summed E-state index contributed by atoms with van der Waals surface area (Å²) < 4.78 is 1.96. The summed E-state index contributed by atoms with van der Waals surface area (Å²) in [6.45, 7) is 0.485. The van der Waals surface area contributed by atoms with E-state index >= 15 is 0 Å². The largest absolute Gasteiger partial charge is 0.481 e. The van der Waals surface area contributed by atoms with Crippen molar-refractivity contribution in [1.82, 2.24) is 9.78 Å². The van der Waals surface area contributed by atoms with Crippen molar-refractivity contribution in [1.29, 1.82) is 0 Å². The first-order valence-corrected chi connectivity index (χ1v) is 5.67. The third-order valence-corrected chi connectivity index (χ3v) is 3.35. The highest BCUT2D eigenvalue weighted by Crippen LogP contribution is 2.32. The predicted octanol–water partition coefficient (Wildman–Crippen LogP) is 1.16. The molecule has 0 unspecified atom stereocenters. The van der Waals surface area contributed by atoms with Crippen LogP contribution >= 0.6 is 0 Å². The molecule has 1 aliphatic carbocycles. The summed E-state index contributed by atoms with van der Waals surface area (Å²) in [6.07, 6.45) is 5.00. The highest BCUT2D eigenvalue weighted by Gasteiger charge is 2.27. The van der Waals surface area contributed by atoms with E-state index in [1.54, 1.807) is 6.20 Å². The van der Waals surface area contributed by atoms with Crippen LogP contribution in [0.4, 0.5) is 0 Å². The number of aliphatic carboxylic acids is 1. The number of rotatable bonds is 3. The number of nitrogens with zero attached hydrogens (tertiary/aromatic N) is 2. The Labute approximate surface area is 94.2 Å². The number of aromatic nitrogens is 2. The minimum Gasteiger partial charge on any atom is -0.481 e. The number of carboxylic acid groups (broad SMARTS) is 1. The second-order valence-corrected chi connectivity index (χ2v) is 4.31. The van der Waals surface area contributed by atoms with Gasteiger partial charge >= 0.3 is 5.97 Å². The van der Waals surface area contributed by atoms with Gasteiger partial charge in [-0.1, -0.05) is 0 Å². The van der Waals surface area contributed by atoms with Crippen LogP contribution in [0.2, 0.25) is 0 Å². The summed E-state index contributed by atoms with van der Waals surface area (Å²) in [5.74, 6) is -0.842. The molecule has 1 aromatic heterocycles. The molecule has 2 rings (SSSR count). The monoisotopic (exact) mass is 223 g/mol. The Morgan fingerprint density at radius 1 is 1.50 bits per heavy atom. The summed E-state index contributed by atoms with van der Waals surface area (Å²) in [5.41, 5.74) is 6.65. The van der Waals surface area contributed by atoms with Gasteiger partial charge in [-0.2, -0.15) is 5.10 Å². The van der Waals surface area contributed by atoms with Crippen LogP contribution in [0.5, 0.6) is 0 Å². The van der Waals surface area contributed by atoms with Crippen molar-refractivity contribution in [3.63, 3.8) is 0 Å². The van der Waals surface area contributed by atoms with Gasteiger partial charge in [-0.25, -0.2) is 0 Å². The fourth-order valence-corrected chi connectivity index (χ4v) is 2.40. The Hall–Kier alpha value is -1.36. The number of hydrogen-bond donors (Lipinski definition) is 2. The van der Waals surface area contributed by atoms with Gasteiger partial charge < -0.3 is 10.8 Å². The van der Waals surface area contributed by atoms with Gasteiger partial charge in [-0.15, -0.1) is 0 Å². The lowest BCUT2D eigenvalue weighted by atomic mass is 9.86. The van der Waals surface area contributed by atoms with Crippen LogP contribution in [0.25, 0.3) is 0 Å². The van der Waals surface area contributed by atoms with Crippen LogP contribution in [0, 0.1) is 5.92 Å². The molecular formula is C11H17N3O2. The van der Waals surface area contributed by atoms with E-state index in [4.69, 9.17) is 10.8 Å². The molecule has 1 saturated carbocycles. The van der Waals surface area contributed by atoms with Gasteiger partial charge in [0.05, 0.1) is 17.7 Å². The molecule has 0 atom stereocenters. The van der Waals surface area contributed by atoms with Crippen LogP contribution in [0.3, 0.4) is 0 Å². The Balaban J connectivity index is 2.01. The molecule has 1 aromatic rings. The molecule has 16 heavy (non-hydrogen) atoms. The van der Waals surface area contributed by atoms with Gasteiger partial charge in [0, 0.05) is 12.7 Å². The minimum absolute atomic E-state index is 0.173. The van der Waals surface area contributed by atoms with Crippen LogP contribution in [0.15, 0.2) is 12.3 Å². The van der Waals surface area contributed by atoms with Gasteiger partial charge in [-0.3, -0.25) is 9.48 Å². The van der Waals surface area contributed by atoms with Crippen LogP contribution in [0.1, 0.15) is 37.4 Å². The molecular weight excluding hydrogens is 206 g/mol. The number of carboxylic acids is 1. The molecule has 5 heteroatoms. The molecule has 1 heterocycles. The lowest BCUT2D eigenvalue weighted by molar-refractivity contribution is -0.143. The van der Waals surface area contributed by atoms with E-state index in [1.807, 2.05) is 10.7 Å². The van der Waals surface area contributed by atoms with Crippen LogP contribution < -0.4 is 5.73 Å². The molecule has 88 valence electrons. The summed E-state index contributed by atoms with van der Waals surface area (Å²) >= 11 is 0. The maximum atomic E-state index is 10.8. The molecule has 0 spiro atoms. The second-order valence-electron chi connectivity index (χ2n) is 4.31. The zero-order valence-corrected chi connectivity index (χ0v) is 9.17. The first kappa shape index (κ1) is 11.1. The quantitative estimate of drug-likeness (QED) is 0.805. The Morgan fingerprint density at radius 3 is 2.75 bits per heavy atom. The van der Waals surface area contributed by atoms with Crippen molar-refractivity contribution >= 4 is 5.97 Å². The van der Waals surface area contributed by atoms with Crippen molar-refractivity contribution in [2.75, 3.05) is 0 Å². The molecule has 3 N–H and O–H groups in total. The number of carbonyl (C=O) groups is 1. The van der Waals surface area contributed by atoms with Crippen molar-refractivity contribution in [3.05, 3.63) is 18.0 Å². The zero-order chi connectivity index (χ0) is 11.5. The lowest BCUT2D eigenvalue weighted by Crippen LogP contribution is -2.25. The maximum absolute atomic E-state index is 10.8. The topological polar surface area (TPSA) is 81.1 Å². The minimum atomic E-state index is -0.669. The molecule has 1 aliphatic rings. The maximum Gasteiger partial charge on any atom is 0.306 e. The third-order valence-electron chi connectivity index (χ3n) is 3.35. The van der Waals surface area contributed by atoms with Gasteiger partial charge in [-0.05, 0) is 31.7 Å². The molecule has 0 amide bonds. The number of nitrogens with two attached hydrogens (primary N) is 1. The summed E-state index contributed by atoms with van der Waals surface area (Å²) in [7, 11) is 0. The lowest BCUT2D eigenvalue weighted by Gasteiger charge is -2.27. The van der Waals surface area contributed by atoms with E-state index in [-0.39, 0.29) is 5.92 Å². The second kappa shape index (κ2) is 4.65. The summed E-state index contributed by atoms with van der Waals surface area (Å²) in [5, 5.41) is 13.2. The van der Waals surface area contributed by atoms with Crippen molar-refractivity contribution < 1.29 is 9.90 Å². The fraction of sp³-hybridized carbons (Fsp3) is 0.636. The Kier molecular flexibility index (Phi) is 3.24. The predicted molar refractivity (Wildman–Crippen MR) is 58.7 cm³/mol. The van der Waals surface area contributed by atoms with E-state index in [0.717, 1.165) is 31.4 Å². The van der Waals surface area contributed by atoms with E-state index < -0.39 is 5.97 Å². The van der Waals surface area contributed by atoms with Gasteiger partial charge in [0.25, 0.3) is 0 Å². The molecule has 0 saturated heterocycles. The molecule has 0 bridgehead atoms. The highest BCUT2D eigenvalue weighted by molar-refractivity contribution is 5.70. The van der Waals surface area contributed by atoms with E-state index in [2.05, 4.69) is 5.10 Å².